The molecule has 0 unspecified atom stereocenters. The van der Waals surface area contributed by atoms with Crippen LogP contribution in [0.5, 0.6) is 17.2 Å². The first kappa shape index (κ1) is 18.4. The van der Waals surface area contributed by atoms with Crippen LogP contribution in [0.3, 0.4) is 0 Å². The predicted octanol–water partition coefficient (Wildman–Crippen LogP) is 4.08. The highest BCUT2D eigenvalue weighted by molar-refractivity contribution is 6.05. The number of rotatable bonds is 8. The Labute approximate surface area is 148 Å². The zero-order valence-corrected chi connectivity index (χ0v) is 15.0. The number of ether oxygens (including phenoxy) is 3. The molecule has 0 aliphatic rings. The molecule has 1 N–H and O–H groups in total. The SMILES string of the molecule is CCc1ccc(N/C=C/C(=O)c2cc(OC)c(OC)c(OC)c2)cc1. The highest BCUT2D eigenvalue weighted by Crippen LogP contribution is 2.38. The van der Waals surface area contributed by atoms with Gasteiger partial charge in [0.2, 0.25) is 5.75 Å². The van der Waals surface area contributed by atoms with Crippen LogP contribution < -0.4 is 19.5 Å². The van der Waals surface area contributed by atoms with Crippen molar-refractivity contribution in [2.24, 2.45) is 0 Å². The number of hydrogen-bond donors (Lipinski definition) is 1. The molecule has 25 heavy (non-hydrogen) atoms. The third kappa shape index (κ3) is 4.53. The lowest BCUT2D eigenvalue weighted by molar-refractivity contribution is 0.104. The number of allylic oxidation sites excluding steroid dienone is 1. The summed E-state index contributed by atoms with van der Waals surface area (Å²) in [6, 6.07) is 11.3. The number of anilines is 1. The van der Waals surface area contributed by atoms with Gasteiger partial charge in [-0.25, -0.2) is 0 Å². The molecule has 0 saturated heterocycles. The lowest BCUT2D eigenvalue weighted by Crippen LogP contribution is -2.01. The monoisotopic (exact) mass is 341 g/mol. The third-order valence-corrected chi connectivity index (χ3v) is 3.80. The second-order valence-corrected chi connectivity index (χ2v) is 5.31. The van der Waals surface area contributed by atoms with Crippen molar-refractivity contribution in [3.05, 3.63) is 59.8 Å². The average molecular weight is 341 g/mol. The second kappa shape index (κ2) is 8.78. The van der Waals surface area contributed by atoms with Crippen molar-refractivity contribution in [1.82, 2.24) is 0 Å². The molecule has 0 bridgehead atoms. The first-order chi connectivity index (χ1) is 12.1. The highest BCUT2D eigenvalue weighted by atomic mass is 16.5. The fourth-order valence-electron chi connectivity index (χ4n) is 2.37. The fraction of sp³-hybridized carbons (Fsp3) is 0.250. The van der Waals surface area contributed by atoms with Crippen LogP contribution in [0.1, 0.15) is 22.8 Å². The summed E-state index contributed by atoms with van der Waals surface area (Å²) in [6.45, 7) is 2.11. The summed E-state index contributed by atoms with van der Waals surface area (Å²) in [6.07, 6.45) is 4.08. The molecule has 132 valence electrons. The number of methoxy groups -OCH3 is 3. The van der Waals surface area contributed by atoms with Crippen LogP contribution in [0.15, 0.2) is 48.7 Å². The van der Waals surface area contributed by atoms with Gasteiger partial charge in [0.25, 0.3) is 0 Å². The smallest absolute Gasteiger partial charge is 0.203 e. The number of aryl methyl sites for hydroxylation is 1. The van der Waals surface area contributed by atoms with E-state index in [1.165, 1.54) is 33.0 Å². The summed E-state index contributed by atoms with van der Waals surface area (Å²) < 4.78 is 15.8. The van der Waals surface area contributed by atoms with E-state index < -0.39 is 0 Å². The van der Waals surface area contributed by atoms with Crippen molar-refractivity contribution in [3.8, 4) is 17.2 Å². The van der Waals surface area contributed by atoms with E-state index in [9.17, 15) is 4.79 Å². The third-order valence-electron chi connectivity index (χ3n) is 3.80. The van der Waals surface area contributed by atoms with Gasteiger partial charge in [-0.15, -0.1) is 0 Å². The molecule has 2 rings (SSSR count). The Balaban J connectivity index is 2.13. The number of benzene rings is 2. The standard InChI is InChI=1S/C20H23NO4/c1-5-14-6-8-16(9-7-14)21-11-10-17(22)15-12-18(23-2)20(25-4)19(13-15)24-3/h6-13,21H,5H2,1-4H3/b11-10+. The Morgan fingerprint density at radius 1 is 1.00 bits per heavy atom. The summed E-state index contributed by atoms with van der Waals surface area (Å²) in [5.74, 6) is 1.18. The van der Waals surface area contributed by atoms with Crippen LogP contribution in [0.4, 0.5) is 5.69 Å². The van der Waals surface area contributed by atoms with E-state index in [1.807, 2.05) is 12.1 Å². The van der Waals surface area contributed by atoms with Gasteiger partial charge in [-0.3, -0.25) is 4.79 Å². The maximum absolute atomic E-state index is 12.4. The van der Waals surface area contributed by atoms with Crippen molar-refractivity contribution in [2.45, 2.75) is 13.3 Å². The Bertz CT molecular complexity index is 726. The number of carbonyl (C=O) groups excluding carboxylic acids is 1. The number of nitrogens with one attached hydrogen (secondary N) is 1. The van der Waals surface area contributed by atoms with Crippen LogP contribution in [0.25, 0.3) is 0 Å². The van der Waals surface area contributed by atoms with Gasteiger partial charge in [-0.05, 0) is 36.2 Å². The minimum absolute atomic E-state index is 0.170. The van der Waals surface area contributed by atoms with Gasteiger partial charge in [0, 0.05) is 23.5 Å². The van der Waals surface area contributed by atoms with E-state index in [0.717, 1.165) is 12.1 Å². The molecule has 0 atom stereocenters. The molecule has 0 saturated carbocycles. The van der Waals surface area contributed by atoms with Crippen LogP contribution in [-0.2, 0) is 6.42 Å². The van der Waals surface area contributed by atoms with Crippen molar-refractivity contribution in [1.29, 1.82) is 0 Å². The average Bonchev–Trinajstić information content (AvgIpc) is 2.67. The molecule has 5 nitrogen and oxygen atoms in total. The maximum Gasteiger partial charge on any atom is 0.203 e. The van der Waals surface area contributed by atoms with E-state index in [4.69, 9.17) is 14.2 Å². The number of ketones is 1. The Kier molecular flexibility index (Phi) is 6.46. The first-order valence-corrected chi connectivity index (χ1v) is 7.99. The van der Waals surface area contributed by atoms with E-state index in [0.29, 0.717) is 22.8 Å². The fourth-order valence-corrected chi connectivity index (χ4v) is 2.37. The van der Waals surface area contributed by atoms with Crippen molar-refractivity contribution >= 4 is 11.5 Å². The van der Waals surface area contributed by atoms with E-state index >= 15 is 0 Å². The minimum Gasteiger partial charge on any atom is -0.493 e. The molecular formula is C20H23NO4. The Morgan fingerprint density at radius 3 is 2.08 bits per heavy atom. The molecule has 0 spiro atoms. The van der Waals surface area contributed by atoms with Crippen LogP contribution in [-0.4, -0.2) is 27.1 Å². The largest absolute Gasteiger partial charge is 0.493 e. The molecular weight excluding hydrogens is 318 g/mol. The normalized spacial score (nSPS) is 10.6. The quantitative estimate of drug-likeness (QED) is 0.579. The number of hydrogen-bond acceptors (Lipinski definition) is 5. The lowest BCUT2D eigenvalue weighted by atomic mass is 10.1. The molecule has 0 heterocycles. The molecule has 5 heteroatoms. The van der Waals surface area contributed by atoms with Gasteiger partial charge < -0.3 is 19.5 Å². The zero-order valence-electron chi connectivity index (χ0n) is 15.0. The summed E-state index contributed by atoms with van der Waals surface area (Å²) >= 11 is 0. The summed E-state index contributed by atoms with van der Waals surface area (Å²) in [7, 11) is 4.56. The van der Waals surface area contributed by atoms with Gasteiger partial charge in [0.05, 0.1) is 21.3 Å². The molecule has 0 aliphatic heterocycles. The van der Waals surface area contributed by atoms with Crippen molar-refractivity contribution < 1.29 is 19.0 Å². The lowest BCUT2D eigenvalue weighted by Gasteiger charge is -2.13. The van der Waals surface area contributed by atoms with Crippen LogP contribution in [0, 0.1) is 0 Å². The predicted molar refractivity (Wildman–Crippen MR) is 99.0 cm³/mol. The van der Waals surface area contributed by atoms with Gasteiger partial charge in [-0.2, -0.15) is 0 Å². The molecule has 0 radical (unpaired) electrons. The summed E-state index contributed by atoms with van der Waals surface area (Å²) in [5.41, 5.74) is 2.64. The van der Waals surface area contributed by atoms with Crippen molar-refractivity contribution in [2.75, 3.05) is 26.6 Å². The second-order valence-electron chi connectivity index (χ2n) is 5.31. The maximum atomic E-state index is 12.4. The number of carbonyl (C=O) groups is 1. The molecule has 0 aromatic heterocycles. The van der Waals surface area contributed by atoms with E-state index in [1.54, 1.807) is 18.3 Å². The summed E-state index contributed by atoms with van der Waals surface area (Å²) in [4.78, 5) is 12.4. The van der Waals surface area contributed by atoms with Gasteiger partial charge in [-0.1, -0.05) is 19.1 Å². The zero-order chi connectivity index (χ0) is 18.2. The van der Waals surface area contributed by atoms with Crippen LogP contribution >= 0.6 is 0 Å². The molecule has 0 amide bonds. The molecule has 0 aliphatic carbocycles. The van der Waals surface area contributed by atoms with E-state index in [-0.39, 0.29) is 5.78 Å². The van der Waals surface area contributed by atoms with E-state index in [2.05, 4.69) is 24.4 Å². The Morgan fingerprint density at radius 2 is 1.60 bits per heavy atom. The van der Waals surface area contributed by atoms with Gasteiger partial charge in [0.15, 0.2) is 17.3 Å². The topological polar surface area (TPSA) is 56.8 Å². The highest BCUT2D eigenvalue weighted by Gasteiger charge is 2.15. The first-order valence-electron chi connectivity index (χ1n) is 7.99. The van der Waals surface area contributed by atoms with Gasteiger partial charge >= 0.3 is 0 Å². The minimum atomic E-state index is -0.170. The van der Waals surface area contributed by atoms with Crippen LogP contribution in [0.2, 0.25) is 0 Å². The summed E-state index contributed by atoms with van der Waals surface area (Å²) in [5, 5.41) is 3.09. The Hall–Kier alpha value is -2.95. The van der Waals surface area contributed by atoms with Crippen molar-refractivity contribution in [3.63, 3.8) is 0 Å². The molecule has 2 aromatic carbocycles. The molecule has 0 fully saturated rings. The molecule has 2 aromatic rings. The van der Waals surface area contributed by atoms with Gasteiger partial charge in [0.1, 0.15) is 0 Å².